The van der Waals surface area contributed by atoms with Crippen LogP contribution in [-0.2, 0) is 5.41 Å². The van der Waals surface area contributed by atoms with Crippen molar-refractivity contribution in [1.82, 2.24) is 0 Å². The SMILES string of the molecule is Cc1cc2c(cc1C)-c1cccc3c(-c4ccc5c(c4)C(C)(C)c4ccccc4-5)ccc(c13)O2. The Bertz CT molecular complexity index is 1670. The van der Waals surface area contributed by atoms with Crippen LogP contribution in [0.4, 0.5) is 0 Å². The minimum Gasteiger partial charge on any atom is -0.456 e. The summed E-state index contributed by atoms with van der Waals surface area (Å²) in [5.41, 5.74) is 13.0. The van der Waals surface area contributed by atoms with Gasteiger partial charge in [0.15, 0.2) is 0 Å². The Morgan fingerprint density at radius 2 is 1.29 bits per heavy atom. The number of fused-ring (bicyclic) bond motifs is 5. The first-order valence-electron chi connectivity index (χ1n) is 12.0. The average Bonchev–Trinajstić information content (AvgIpc) is 3.07. The number of hydrogen-bond acceptors (Lipinski definition) is 1. The molecule has 1 aliphatic heterocycles. The Kier molecular flexibility index (Phi) is 3.81. The van der Waals surface area contributed by atoms with Crippen LogP contribution in [0.5, 0.6) is 11.5 Å². The fraction of sp³-hybridized carbons (Fsp3) is 0.152. The molecule has 0 amide bonds. The van der Waals surface area contributed by atoms with E-state index in [0.29, 0.717) is 0 Å². The molecule has 2 aliphatic rings. The molecule has 0 aromatic heterocycles. The van der Waals surface area contributed by atoms with E-state index >= 15 is 0 Å². The van der Waals surface area contributed by atoms with Crippen LogP contribution in [0.25, 0.3) is 44.2 Å². The van der Waals surface area contributed by atoms with Gasteiger partial charge in [-0.05, 0) is 93.6 Å². The van der Waals surface area contributed by atoms with Crippen LogP contribution in [0.3, 0.4) is 0 Å². The summed E-state index contributed by atoms with van der Waals surface area (Å²) in [7, 11) is 0. The van der Waals surface area contributed by atoms with Crippen LogP contribution in [-0.4, -0.2) is 0 Å². The highest BCUT2D eigenvalue weighted by atomic mass is 16.5. The smallest absolute Gasteiger partial charge is 0.135 e. The maximum atomic E-state index is 6.43. The zero-order valence-electron chi connectivity index (χ0n) is 20.0. The van der Waals surface area contributed by atoms with Crippen molar-refractivity contribution in [3.8, 4) is 44.9 Å². The Labute approximate surface area is 200 Å². The van der Waals surface area contributed by atoms with Gasteiger partial charge in [-0.15, -0.1) is 0 Å². The Morgan fingerprint density at radius 1 is 0.559 bits per heavy atom. The number of aryl methyl sites for hydroxylation is 2. The topological polar surface area (TPSA) is 9.23 Å². The normalized spacial score (nSPS) is 14.4. The third-order valence-corrected chi connectivity index (χ3v) is 8.00. The van der Waals surface area contributed by atoms with Gasteiger partial charge in [-0.25, -0.2) is 0 Å². The van der Waals surface area contributed by atoms with Gasteiger partial charge < -0.3 is 4.74 Å². The molecule has 0 bridgehead atoms. The van der Waals surface area contributed by atoms with E-state index in [4.69, 9.17) is 4.74 Å². The van der Waals surface area contributed by atoms with Crippen molar-refractivity contribution in [3.05, 3.63) is 107 Å². The van der Waals surface area contributed by atoms with Crippen molar-refractivity contribution in [1.29, 1.82) is 0 Å². The van der Waals surface area contributed by atoms with Gasteiger partial charge in [-0.3, -0.25) is 0 Å². The van der Waals surface area contributed by atoms with E-state index in [1.807, 2.05) is 0 Å². The molecule has 0 fully saturated rings. The zero-order valence-corrected chi connectivity index (χ0v) is 20.0. The van der Waals surface area contributed by atoms with Gasteiger partial charge >= 0.3 is 0 Å². The van der Waals surface area contributed by atoms with Crippen molar-refractivity contribution in [2.75, 3.05) is 0 Å². The van der Waals surface area contributed by atoms with E-state index in [-0.39, 0.29) is 5.41 Å². The van der Waals surface area contributed by atoms with E-state index in [1.165, 1.54) is 66.4 Å². The quantitative estimate of drug-likeness (QED) is 0.249. The first kappa shape index (κ1) is 19.6. The summed E-state index contributed by atoms with van der Waals surface area (Å²) in [6.07, 6.45) is 0. The second-order valence-electron chi connectivity index (χ2n) is 10.3. The molecule has 0 saturated carbocycles. The first-order chi connectivity index (χ1) is 16.4. The van der Waals surface area contributed by atoms with Gasteiger partial charge in [0, 0.05) is 16.4 Å². The fourth-order valence-corrected chi connectivity index (χ4v) is 6.01. The lowest BCUT2D eigenvalue weighted by Gasteiger charge is -2.24. The lowest BCUT2D eigenvalue weighted by atomic mass is 9.81. The van der Waals surface area contributed by atoms with E-state index in [2.05, 4.69) is 113 Å². The third-order valence-electron chi connectivity index (χ3n) is 8.00. The molecular weight excluding hydrogens is 412 g/mol. The summed E-state index contributed by atoms with van der Waals surface area (Å²) in [5, 5.41) is 2.45. The number of rotatable bonds is 1. The van der Waals surface area contributed by atoms with Crippen LogP contribution in [0.2, 0.25) is 0 Å². The van der Waals surface area contributed by atoms with Crippen molar-refractivity contribution in [2.24, 2.45) is 0 Å². The number of ether oxygens (including phenoxy) is 1. The standard InChI is InChI=1S/C33H26O/c1-19-16-27-26-10-7-9-25-22(14-15-30(32(25)26)34-31(27)17-20(19)2)21-12-13-24-23-8-5-6-11-28(23)33(3,4)29(24)18-21/h5-18H,1-4H3. The van der Waals surface area contributed by atoms with Gasteiger partial charge in [-0.2, -0.15) is 0 Å². The van der Waals surface area contributed by atoms with Crippen LogP contribution in [0, 0.1) is 13.8 Å². The molecular formula is C33H26O. The molecule has 1 heteroatoms. The minimum absolute atomic E-state index is 0.00822. The maximum Gasteiger partial charge on any atom is 0.135 e. The molecule has 0 radical (unpaired) electrons. The van der Waals surface area contributed by atoms with Gasteiger partial charge in [-0.1, -0.05) is 74.5 Å². The van der Waals surface area contributed by atoms with Crippen molar-refractivity contribution < 1.29 is 4.74 Å². The van der Waals surface area contributed by atoms with Crippen molar-refractivity contribution in [3.63, 3.8) is 0 Å². The summed E-state index contributed by atoms with van der Waals surface area (Å²) in [4.78, 5) is 0. The first-order valence-corrected chi connectivity index (χ1v) is 12.0. The third kappa shape index (κ3) is 2.50. The molecule has 34 heavy (non-hydrogen) atoms. The molecule has 0 atom stereocenters. The van der Waals surface area contributed by atoms with E-state index in [1.54, 1.807) is 0 Å². The highest BCUT2D eigenvalue weighted by molar-refractivity contribution is 6.10. The second-order valence-corrected chi connectivity index (χ2v) is 10.3. The molecule has 0 spiro atoms. The lowest BCUT2D eigenvalue weighted by Crippen LogP contribution is -2.14. The highest BCUT2D eigenvalue weighted by Gasteiger charge is 2.35. The zero-order chi connectivity index (χ0) is 23.2. The molecule has 5 aromatic rings. The van der Waals surface area contributed by atoms with E-state index in [0.717, 1.165) is 11.5 Å². The van der Waals surface area contributed by atoms with Gasteiger partial charge in [0.05, 0.1) is 0 Å². The summed E-state index contributed by atoms with van der Waals surface area (Å²) in [5.74, 6) is 1.90. The van der Waals surface area contributed by atoms with Crippen molar-refractivity contribution in [2.45, 2.75) is 33.1 Å². The van der Waals surface area contributed by atoms with Gasteiger partial charge in [0.25, 0.3) is 0 Å². The Morgan fingerprint density at radius 3 is 2.18 bits per heavy atom. The largest absolute Gasteiger partial charge is 0.456 e. The van der Waals surface area contributed by atoms with Crippen molar-refractivity contribution >= 4 is 10.8 Å². The van der Waals surface area contributed by atoms with Crippen LogP contribution in [0.1, 0.15) is 36.1 Å². The molecule has 1 heterocycles. The molecule has 5 aromatic carbocycles. The Hall–Kier alpha value is -3.84. The maximum absolute atomic E-state index is 6.43. The summed E-state index contributed by atoms with van der Waals surface area (Å²) < 4.78 is 6.43. The summed E-state index contributed by atoms with van der Waals surface area (Å²) in [6, 6.07) is 31.3. The molecule has 164 valence electrons. The molecule has 1 aliphatic carbocycles. The van der Waals surface area contributed by atoms with Crippen LogP contribution < -0.4 is 4.74 Å². The number of hydrogen-bond donors (Lipinski definition) is 0. The monoisotopic (exact) mass is 438 g/mol. The highest BCUT2D eigenvalue weighted by Crippen LogP contribution is 2.52. The molecule has 7 rings (SSSR count). The summed E-state index contributed by atoms with van der Waals surface area (Å²) >= 11 is 0. The second kappa shape index (κ2) is 6.61. The molecule has 0 saturated heterocycles. The minimum atomic E-state index is -0.00822. The van der Waals surface area contributed by atoms with Gasteiger partial charge in [0.2, 0.25) is 0 Å². The van der Waals surface area contributed by atoms with Crippen LogP contribution in [0.15, 0.2) is 84.9 Å². The predicted molar refractivity (Wildman–Crippen MR) is 142 cm³/mol. The Balaban J connectivity index is 1.46. The molecule has 1 nitrogen and oxygen atoms in total. The lowest BCUT2D eigenvalue weighted by molar-refractivity contribution is 0.486. The predicted octanol–water partition coefficient (Wildman–Crippen LogP) is 9.20. The fourth-order valence-electron chi connectivity index (χ4n) is 6.01. The van der Waals surface area contributed by atoms with Gasteiger partial charge in [0.1, 0.15) is 11.5 Å². The van der Waals surface area contributed by atoms with Crippen LogP contribution >= 0.6 is 0 Å². The number of benzene rings is 5. The van der Waals surface area contributed by atoms with E-state index < -0.39 is 0 Å². The summed E-state index contributed by atoms with van der Waals surface area (Å²) in [6.45, 7) is 9.00. The molecule has 0 N–H and O–H groups in total. The van der Waals surface area contributed by atoms with E-state index in [9.17, 15) is 0 Å². The average molecular weight is 439 g/mol. The molecule has 0 unspecified atom stereocenters.